The molecule has 1 heterocycles. The first kappa shape index (κ1) is 12.2. The highest BCUT2D eigenvalue weighted by molar-refractivity contribution is 5.84. The summed E-state index contributed by atoms with van der Waals surface area (Å²) < 4.78 is 0. The Kier molecular flexibility index (Phi) is 4.52. The van der Waals surface area contributed by atoms with E-state index < -0.39 is 0 Å². The first-order chi connectivity index (χ1) is 7.71. The lowest BCUT2D eigenvalue weighted by molar-refractivity contribution is 1.06. The molecule has 0 aromatic carbocycles. The van der Waals surface area contributed by atoms with E-state index in [2.05, 4.69) is 24.6 Å². The van der Waals surface area contributed by atoms with Crippen molar-refractivity contribution in [1.82, 2.24) is 4.98 Å². The molecule has 16 heavy (non-hydrogen) atoms. The number of rotatable bonds is 5. The minimum atomic E-state index is 0.940. The molecular formula is C14H18N2. The molecular weight excluding hydrogens is 196 g/mol. The maximum atomic E-state index is 7.18. The second-order valence-corrected chi connectivity index (χ2v) is 3.64. The third kappa shape index (κ3) is 3.09. The van der Waals surface area contributed by atoms with Crippen LogP contribution in [0.15, 0.2) is 30.4 Å². The van der Waals surface area contributed by atoms with Gasteiger partial charge in [0.15, 0.2) is 0 Å². The molecule has 84 valence electrons. The molecule has 0 radical (unpaired) electrons. The van der Waals surface area contributed by atoms with Crippen molar-refractivity contribution in [2.45, 2.75) is 20.3 Å². The van der Waals surface area contributed by atoms with E-state index in [1.807, 2.05) is 25.2 Å². The number of aryl methyl sites for hydroxylation is 1. The minimum absolute atomic E-state index is 0.940. The van der Waals surface area contributed by atoms with Gasteiger partial charge in [0.2, 0.25) is 0 Å². The lowest BCUT2D eigenvalue weighted by atomic mass is 10.1. The van der Waals surface area contributed by atoms with Crippen LogP contribution in [-0.4, -0.2) is 11.2 Å². The number of nitrogens with one attached hydrogen (secondary N) is 2. The molecule has 0 saturated heterocycles. The van der Waals surface area contributed by atoms with Gasteiger partial charge in [-0.3, -0.25) is 0 Å². The summed E-state index contributed by atoms with van der Waals surface area (Å²) in [6.45, 7) is 7.70. The van der Waals surface area contributed by atoms with Gasteiger partial charge in [-0.25, -0.2) is 0 Å². The zero-order valence-electron chi connectivity index (χ0n) is 9.88. The molecule has 0 aliphatic heterocycles. The Labute approximate surface area is 96.9 Å². The van der Waals surface area contributed by atoms with Crippen LogP contribution in [0.3, 0.4) is 0 Å². The third-order valence-electron chi connectivity index (χ3n) is 2.33. The first-order valence-electron chi connectivity index (χ1n) is 5.41. The van der Waals surface area contributed by atoms with Crippen LogP contribution in [0.1, 0.15) is 30.8 Å². The van der Waals surface area contributed by atoms with Crippen molar-refractivity contribution in [2.24, 2.45) is 0 Å². The summed E-state index contributed by atoms with van der Waals surface area (Å²) in [5.74, 6) is 0. The van der Waals surface area contributed by atoms with E-state index in [1.165, 1.54) is 11.9 Å². The Morgan fingerprint density at radius 2 is 2.31 bits per heavy atom. The van der Waals surface area contributed by atoms with E-state index in [9.17, 15) is 0 Å². The molecule has 0 bridgehead atoms. The summed E-state index contributed by atoms with van der Waals surface area (Å²) in [6.07, 6.45) is 10.00. The SMILES string of the molecule is C=C/C=C/c1[nH]c(CC)cc1/C=C(\C)C=N. The summed E-state index contributed by atoms with van der Waals surface area (Å²) in [5, 5.41) is 7.18. The summed E-state index contributed by atoms with van der Waals surface area (Å²) in [6, 6.07) is 2.12. The van der Waals surface area contributed by atoms with E-state index in [0.717, 1.165) is 23.3 Å². The number of hydrogen-bond acceptors (Lipinski definition) is 1. The number of hydrogen-bond donors (Lipinski definition) is 2. The van der Waals surface area contributed by atoms with Crippen LogP contribution in [0.2, 0.25) is 0 Å². The Balaban J connectivity index is 3.14. The Morgan fingerprint density at radius 1 is 1.56 bits per heavy atom. The largest absolute Gasteiger partial charge is 0.358 e. The van der Waals surface area contributed by atoms with E-state index in [1.54, 1.807) is 6.08 Å². The average Bonchev–Trinajstić information content (AvgIpc) is 2.68. The Bertz CT molecular complexity index is 434. The van der Waals surface area contributed by atoms with Crippen LogP contribution in [-0.2, 0) is 6.42 Å². The first-order valence-corrected chi connectivity index (χ1v) is 5.41. The van der Waals surface area contributed by atoms with Crippen LogP contribution in [0.4, 0.5) is 0 Å². The standard InChI is InChI=1S/C14H18N2/c1-4-6-7-14-12(8-11(3)10-15)9-13(5-2)16-14/h4,6-10,15-16H,1,5H2,2-3H3/b7-6+,11-8+,15-10?. The van der Waals surface area contributed by atoms with Gasteiger partial charge in [0, 0.05) is 17.6 Å². The van der Waals surface area contributed by atoms with Crippen molar-refractivity contribution in [2.75, 3.05) is 0 Å². The van der Waals surface area contributed by atoms with Gasteiger partial charge in [0.05, 0.1) is 0 Å². The zero-order valence-corrected chi connectivity index (χ0v) is 9.88. The fraction of sp³-hybridized carbons (Fsp3) is 0.214. The van der Waals surface area contributed by atoms with E-state index in [-0.39, 0.29) is 0 Å². The second-order valence-electron chi connectivity index (χ2n) is 3.64. The maximum absolute atomic E-state index is 7.18. The highest BCUT2D eigenvalue weighted by Crippen LogP contribution is 2.16. The normalized spacial score (nSPS) is 12.0. The molecule has 1 rings (SSSR count). The van der Waals surface area contributed by atoms with Gasteiger partial charge in [0.25, 0.3) is 0 Å². The maximum Gasteiger partial charge on any atom is 0.0456 e. The van der Waals surface area contributed by atoms with Crippen LogP contribution >= 0.6 is 0 Å². The molecule has 2 heteroatoms. The van der Waals surface area contributed by atoms with Crippen molar-refractivity contribution < 1.29 is 0 Å². The van der Waals surface area contributed by atoms with Crippen LogP contribution < -0.4 is 0 Å². The molecule has 1 aromatic heterocycles. The van der Waals surface area contributed by atoms with Gasteiger partial charge in [-0.2, -0.15) is 0 Å². The van der Waals surface area contributed by atoms with E-state index in [0.29, 0.717) is 0 Å². The topological polar surface area (TPSA) is 39.6 Å². The van der Waals surface area contributed by atoms with Gasteiger partial charge >= 0.3 is 0 Å². The Hall–Kier alpha value is -1.83. The summed E-state index contributed by atoms with van der Waals surface area (Å²) >= 11 is 0. The molecule has 0 saturated carbocycles. The van der Waals surface area contributed by atoms with Gasteiger partial charge in [0.1, 0.15) is 0 Å². The van der Waals surface area contributed by atoms with Gasteiger partial charge < -0.3 is 10.4 Å². The number of H-pyrrole nitrogens is 1. The van der Waals surface area contributed by atoms with E-state index in [4.69, 9.17) is 5.41 Å². The second kappa shape index (κ2) is 5.91. The fourth-order valence-electron chi connectivity index (χ4n) is 1.45. The van der Waals surface area contributed by atoms with Crippen LogP contribution in [0.25, 0.3) is 12.2 Å². The van der Waals surface area contributed by atoms with Crippen molar-refractivity contribution in [3.8, 4) is 0 Å². The molecule has 0 aliphatic rings. The number of allylic oxidation sites excluding steroid dienone is 3. The predicted molar refractivity (Wildman–Crippen MR) is 71.8 cm³/mol. The predicted octanol–water partition coefficient (Wildman–Crippen LogP) is 3.83. The summed E-state index contributed by atoms with van der Waals surface area (Å²) in [4.78, 5) is 3.34. The van der Waals surface area contributed by atoms with E-state index >= 15 is 0 Å². The summed E-state index contributed by atoms with van der Waals surface area (Å²) in [5.41, 5.74) is 4.33. The minimum Gasteiger partial charge on any atom is -0.358 e. The molecule has 0 unspecified atom stereocenters. The number of aromatic nitrogens is 1. The smallest absolute Gasteiger partial charge is 0.0456 e. The quantitative estimate of drug-likeness (QED) is 0.552. The molecule has 1 aromatic rings. The number of aromatic amines is 1. The van der Waals surface area contributed by atoms with Crippen LogP contribution in [0, 0.1) is 5.41 Å². The lowest BCUT2D eigenvalue weighted by Crippen LogP contribution is -1.80. The van der Waals surface area contributed by atoms with Crippen molar-refractivity contribution in [3.05, 3.63) is 47.3 Å². The molecule has 2 nitrogen and oxygen atoms in total. The molecule has 0 spiro atoms. The molecule has 0 amide bonds. The fourth-order valence-corrected chi connectivity index (χ4v) is 1.45. The van der Waals surface area contributed by atoms with Gasteiger partial charge in [-0.15, -0.1) is 0 Å². The lowest BCUT2D eigenvalue weighted by Gasteiger charge is -1.93. The highest BCUT2D eigenvalue weighted by atomic mass is 14.7. The van der Waals surface area contributed by atoms with Crippen LogP contribution in [0.5, 0.6) is 0 Å². The molecule has 2 N–H and O–H groups in total. The van der Waals surface area contributed by atoms with Gasteiger partial charge in [-0.05, 0) is 42.7 Å². The summed E-state index contributed by atoms with van der Waals surface area (Å²) in [7, 11) is 0. The average molecular weight is 214 g/mol. The molecule has 0 fully saturated rings. The highest BCUT2D eigenvalue weighted by Gasteiger charge is 2.02. The Morgan fingerprint density at radius 3 is 2.88 bits per heavy atom. The van der Waals surface area contributed by atoms with Crippen molar-refractivity contribution in [3.63, 3.8) is 0 Å². The van der Waals surface area contributed by atoms with Crippen molar-refractivity contribution >= 4 is 18.4 Å². The monoisotopic (exact) mass is 214 g/mol. The zero-order chi connectivity index (χ0) is 12.0. The van der Waals surface area contributed by atoms with Crippen molar-refractivity contribution in [1.29, 1.82) is 5.41 Å². The third-order valence-corrected chi connectivity index (χ3v) is 2.33. The molecule has 0 aliphatic carbocycles. The van der Waals surface area contributed by atoms with Gasteiger partial charge in [-0.1, -0.05) is 25.7 Å². The molecule has 0 atom stereocenters.